The second-order valence-corrected chi connectivity index (χ2v) is 39.2. The number of aliphatic hydroxyl groups excluding tert-OH is 1. The standard InChI is InChI=1S/C20H18Cl2N4O2S.C19H17Cl2N5OS.C18H14Cl2FN5OS.C17H13Cl2N5OS.C17H14ClN5O2S/c1-23-17-16(14-3-2-12(21)10-15(14)22)18(19-24-5-6-25-19)29-20(17)26-7-9-28-13(11-26)4-8-27;1-3-12-9-26(6-7-27-12)19-16(22-2)15(13-5-4-11(20)8-14(13)21)17(28-19)18-23-10-24-25-18;1-22-15-14(12-3-2-10(19)6-13(12)20)16(17-23-9-24-25-17)28-18(15)26-4-5-27-11(7-21)8-26;1-20-14-13(11-3-2-10(18)8-12(11)19)15(16-21-9-22-23-16)26-17(14)24-4-6-25-7-5-24;1-19-14-13(11-3-2-10(24)8-12(11)18)15(16-20-9-21-22-16)26-17(14)23-4-6-25-7-5-23/h2-3,5-6,10,13,27H,4,7-9,11H2,(H,24,25);4-5,8,10,12H,3,6-7,9H2,1H3,(H,23,24,25);2-3,6,9,11H,4-5,7-8H2,(H,23,24,25);2-3,8-9H,4-7H2,(H,21,22,23);2-3,8-9,24H,4-7H2,(H,20,21,22)/t;12-;11-;;/m.11../s1. The Balaban J connectivity index is 0.000000124. The number of rotatable bonds is 19. The van der Waals surface area contributed by atoms with Crippen LogP contribution in [0.1, 0.15) is 19.8 Å². The van der Waals surface area contributed by atoms with Gasteiger partial charge in [0.05, 0.1) is 146 Å². The summed E-state index contributed by atoms with van der Waals surface area (Å²) in [6.45, 7) is 51.6. The van der Waals surface area contributed by atoms with E-state index in [1.807, 2.05) is 23.1 Å². The number of benzene rings is 5. The van der Waals surface area contributed by atoms with Crippen LogP contribution in [0.5, 0.6) is 5.75 Å². The SMILES string of the molecule is [C-]#[N+]c1c(N2CCOC(CCO)C2)sc(-c2ncc[nH]2)c1-c1ccc(Cl)cc1Cl.[C-]#[N+]c1c(N2CCOCC2)sc(-c2ncn[nH]2)c1-c1ccc(Cl)cc1Cl.[C-]#[N+]c1c(N2CCOCC2)sc(-c2ncn[nH]2)c1-c1ccc(O)cc1Cl.[C-]#[N+]c1c(N2CCO[C@H](CC)C2)sc(-c2ncn[nH]2)c1-c1ccc(Cl)cc1Cl.[C-]#[N+]c1c(N2CCO[C@H](CF)C2)sc(-c2ncn[nH]2)c1-c1ccc(Cl)cc1Cl. The van der Waals surface area contributed by atoms with Gasteiger partial charge in [-0.15, -0.1) is 56.7 Å². The van der Waals surface area contributed by atoms with E-state index in [0.717, 1.165) is 128 Å². The van der Waals surface area contributed by atoms with Crippen molar-refractivity contribution in [1.82, 2.24) is 70.7 Å². The first-order valence-corrected chi connectivity index (χ1v) is 49.6. The van der Waals surface area contributed by atoms with Gasteiger partial charge in [-0.2, -0.15) is 20.4 Å². The molecule has 31 nitrogen and oxygen atoms in total. The van der Waals surface area contributed by atoms with Crippen LogP contribution in [-0.2, 0) is 23.7 Å². The van der Waals surface area contributed by atoms with Gasteiger partial charge in [0.25, 0.3) is 0 Å². The third-order valence-electron chi connectivity index (χ3n) is 22.1. The Bertz CT molecular complexity index is 6630. The first-order valence-electron chi connectivity index (χ1n) is 42.1. The van der Waals surface area contributed by atoms with Crippen LogP contribution in [0.3, 0.4) is 0 Å². The number of morpholine rings is 5. The summed E-state index contributed by atoms with van der Waals surface area (Å²) in [7, 11) is 0. The van der Waals surface area contributed by atoms with Gasteiger partial charge in [0.2, 0.25) is 28.4 Å². The summed E-state index contributed by atoms with van der Waals surface area (Å²) in [5.74, 6) is 3.11. The molecule has 137 heavy (non-hydrogen) atoms. The number of phenolic OH excluding ortho intramolecular Hbond substituents is 1. The fourth-order valence-corrected chi connectivity index (χ4v) is 24.3. The van der Waals surface area contributed by atoms with Gasteiger partial charge in [-0.3, -0.25) is 20.4 Å². The number of nitrogens with zero attached hydrogens (tertiary/aromatic N) is 19. The zero-order valence-electron chi connectivity index (χ0n) is 72.0. The monoisotopic (exact) mass is 2110 g/mol. The van der Waals surface area contributed by atoms with Gasteiger partial charge < -0.3 is 63.4 Å². The molecule has 5 aromatic carbocycles. The molecule has 3 atom stereocenters. The van der Waals surface area contributed by atoms with Gasteiger partial charge in [0.1, 0.15) is 49.7 Å². The molecule has 15 aromatic rings. The van der Waals surface area contributed by atoms with Crippen LogP contribution in [0.4, 0.5) is 57.8 Å². The molecule has 0 aliphatic carbocycles. The molecular weight excluding hydrogens is 2040 g/mol. The van der Waals surface area contributed by atoms with Gasteiger partial charge in [-0.25, -0.2) is 53.5 Å². The first-order chi connectivity index (χ1) is 66.7. The first kappa shape index (κ1) is 98.9. The molecule has 20 rings (SSSR count). The highest BCUT2D eigenvalue weighted by atomic mass is 35.5. The highest BCUT2D eigenvalue weighted by Gasteiger charge is 2.37. The molecule has 5 aliphatic heterocycles. The molecule has 5 saturated heterocycles. The maximum Gasteiger partial charge on any atom is 0.229 e. The molecule has 0 amide bonds. The summed E-state index contributed by atoms with van der Waals surface area (Å²) in [5, 5.41) is 55.0. The predicted molar refractivity (Wildman–Crippen MR) is 546 cm³/mol. The van der Waals surface area contributed by atoms with E-state index in [4.69, 9.17) is 161 Å². The number of aromatic amines is 5. The zero-order chi connectivity index (χ0) is 95.9. The molecule has 0 saturated carbocycles. The number of aromatic hydroxyl groups is 1. The highest BCUT2D eigenvalue weighted by Crippen LogP contribution is 2.60. The Hall–Kier alpha value is -11.1. The van der Waals surface area contributed by atoms with Gasteiger partial charge in [0, 0.05) is 152 Å². The number of aromatic nitrogens is 14. The number of phenols is 1. The number of alkyl halides is 1. The Labute approximate surface area is 849 Å². The van der Waals surface area contributed by atoms with Crippen LogP contribution < -0.4 is 24.5 Å². The summed E-state index contributed by atoms with van der Waals surface area (Å²) in [6.07, 6.45) is 10.3. The fourth-order valence-electron chi connectivity index (χ4n) is 15.8. The zero-order valence-corrected chi connectivity index (χ0v) is 82.8. The molecular formula is C91H76Cl9FN24O7S5. The van der Waals surface area contributed by atoms with E-state index in [9.17, 15) is 14.6 Å². The molecule has 702 valence electrons. The molecule has 46 heteroatoms. The molecule has 1 unspecified atom stereocenters. The van der Waals surface area contributed by atoms with Crippen molar-refractivity contribution < 1.29 is 38.3 Å². The van der Waals surface area contributed by atoms with E-state index in [0.29, 0.717) is 204 Å². The number of nitrogens with one attached hydrogen (secondary N) is 5. The van der Waals surface area contributed by atoms with Crippen molar-refractivity contribution in [2.45, 2.75) is 38.1 Å². The minimum Gasteiger partial charge on any atom is -0.508 e. The number of H-pyrrole nitrogens is 5. The third-order valence-corrected chi connectivity index (χ3v) is 30.8. The molecule has 10 aromatic heterocycles. The Morgan fingerprint density at radius 3 is 0.964 bits per heavy atom. The minimum absolute atomic E-state index is 0.0657. The fraction of sp³-hybridized carbons (Fsp3) is 0.275. The van der Waals surface area contributed by atoms with E-state index >= 15 is 0 Å². The normalized spacial score (nSPS) is 15.9. The molecule has 0 spiro atoms. The Morgan fingerprint density at radius 2 is 0.679 bits per heavy atom. The van der Waals surface area contributed by atoms with E-state index in [-0.39, 0.29) is 24.6 Å². The Morgan fingerprint density at radius 1 is 0.387 bits per heavy atom. The summed E-state index contributed by atoms with van der Waals surface area (Å²) in [4.78, 5) is 58.6. The summed E-state index contributed by atoms with van der Waals surface area (Å²) >= 11 is 64.0. The lowest BCUT2D eigenvalue weighted by Gasteiger charge is -2.33. The number of ether oxygens (including phenoxy) is 5. The minimum atomic E-state index is -0.569. The number of hydrogen-bond acceptors (Lipinski definition) is 26. The van der Waals surface area contributed by atoms with Crippen molar-refractivity contribution in [2.24, 2.45) is 0 Å². The van der Waals surface area contributed by atoms with Crippen LogP contribution in [0.2, 0.25) is 45.2 Å². The van der Waals surface area contributed by atoms with Crippen LogP contribution >= 0.6 is 161 Å². The lowest BCUT2D eigenvalue weighted by atomic mass is 10.0. The molecule has 15 heterocycles. The number of aliphatic hydroxyl groups is 1. The smallest absolute Gasteiger partial charge is 0.229 e. The van der Waals surface area contributed by atoms with Crippen molar-refractivity contribution >= 4 is 215 Å². The summed E-state index contributed by atoms with van der Waals surface area (Å²) in [6, 6.07) is 25.8. The van der Waals surface area contributed by atoms with Gasteiger partial charge in [0.15, 0.2) is 23.3 Å². The van der Waals surface area contributed by atoms with Crippen molar-refractivity contribution in [1.29, 1.82) is 0 Å². The van der Waals surface area contributed by atoms with Crippen molar-refractivity contribution in [3.8, 4) is 115 Å². The van der Waals surface area contributed by atoms with Crippen LogP contribution in [0, 0.1) is 32.9 Å². The Kier molecular flexibility index (Phi) is 33.3. The topological polar surface area (TPSA) is 320 Å². The summed E-state index contributed by atoms with van der Waals surface area (Å²) < 4.78 is 41.0. The average molecular weight is 2120 g/mol. The number of thiophene rings is 5. The highest BCUT2D eigenvalue weighted by molar-refractivity contribution is 7.22. The van der Waals surface area contributed by atoms with Gasteiger partial charge in [-0.05, 0) is 101 Å². The van der Waals surface area contributed by atoms with Crippen molar-refractivity contribution in [3.63, 3.8) is 0 Å². The second kappa shape index (κ2) is 46.1. The second-order valence-electron chi connectivity index (χ2n) is 30.4. The lowest BCUT2D eigenvalue weighted by Crippen LogP contribution is -2.43. The predicted octanol–water partition coefficient (Wildman–Crippen LogP) is 25.0. The molecule has 0 radical (unpaired) electrons. The number of halogens is 10. The molecule has 7 N–H and O–H groups in total. The van der Waals surface area contributed by atoms with Crippen molar-refractivity contribution in [2.75, 3.05) is 149 Å². The number of imidazole rings is 1. The van der Waals surface area contributed by atoms with Gasteiger partial charge >= 0.3 is 0 Å². The van der Waals surface area contributed by atoms with E-state index in [1.54, 1.807) is 79.1 Å². The molecule has 0 bridgehead atoms. The van der Waals surface area contributed by atoms with Crippen molar-refractivity contribution in [3.05, 3.63) is 231 Å². The van der Waals surface area contributed by atoms with Crippen LogP contribution in [0.15, 0.2) is 129 Å². The van der Waals surface area contributed by atoms with E-state index < -0.39 is 12.8 Å². The maximum absolute atomic E-state index is 13.2. The molecule has 5 aliphatic rings. The number of hydrogen-bond donors (Lipinski definition) is 7. The lowest BCUT2D eigenvalue weighted by molar-refractivity contribution is 0.0248. The average Bonchev–Trinajstić information content (AvgIpc) is 1.63. The van der Waals surface area contributed by atoms with Crippen LogP contribution in [0.25, 0.3) is 133 Å². The maximum atomic E-state index is 13.2. The van der Waals surface area contributed by atoms with E-state index in [1.165, 1.54) is 88.1 Å². The number of anilines is 5. The van der Waals surface area contributed by atoms with Gasteiger partial charge in [-0.1, -0.05) is 142 Å². The quantitative estimate of drug-likeness (QED) is 0.0370. The third kappa shape index (κ3) is 22.1. The van der Waals surface area contributed by atoms with E-state index in [2.05, 4.69) is 121 Å². The largest absolute Gasteiger partial charge is 0.508 e. The van der Waals surface area contributed by atoms with Crippen LogP contribution in [-0.4, -0.2) is 224 Å². The summed E-state index contributed by atoms with van der Waals surface area (Å²) in [5.41, 5.74) is 9.88. The molecule has 5 fully saturated rings.